The zero-order valence-corrected chi connectivity index (χ0v) is 7.69. The summed E-state index contributed by atoms with van der Waals surface area (Å²) >= 11 is 0. The van der Waals surface area contributed by atoms with E-state index in [2.05, 4.69) is 11.9 Å². The van der Waals surface area contributed by atoms with E-state index < -0.39 is 0 Å². The lowest BCUT2D eigenvalue weighted by Gasteiger charge is -2.18. The molecule has 0 unspecified atom stereocenters. The minimum Gasteiger partial charge on any atom is -0.348 e. The van der Waals surface area contributed by atoms with Crippen LogP contribution in [0.3, 0.4) is 0 Å². The maximum absolute atomic E-state index is 10.6. The van der Waals surface area contributed by atoms with Gasteiger partial charge in [0.15, 0.2) is 0 Å². The summed E-state index contributed by atoms with van der Waals surface area (Å²) < 4.78 is 0. The van der Waals surface area contributed by atoms with Gasteiger partial charge >= 0.3 is 0 Å². The summed E-state index contributed by atoms with van der Waals surface area (Å²) in [6.45, 7) is 9.11. The zero-order chi connectivity index (χ0) is 7.49. The van der Waals surface area contributed by atoms with Crippen molar-refractivity contribution < 1.29 is 4.79 Å². The number of carbonyl (C=O) groups excluding carboxylic acids is 1. The fourth-order valence-electron chi connectivity index (χ4n) is 0.421. The van der Waals surface area contributed by atoms with E-state index in [1.54, 1.807) is 0 Å². The van der Waals surface area contributed by atoms with Gasteiger partial charge in [-0.05, 0) is 26.8 Å². The molecule has 0 saturated heterocycles. The standard InChI is InChI=1S/C7H13NO.H2S/c1-5-6(9)8-7(2,3)4;/h5H,1H2,2-4H3,(H,8,9);1H2. The number of hydrogen-bond donors (Lipinski definition) is 1. The van der Waals surface area contributed by atoms with Crippen LogP contribution in [-0.2, 0) is 4.79 Å². The lowest BCUT2D eigenvalue weighted by Crippen LogP contribution is -2.39. The summed E-state index contributed by atoms with van der Waals surface area (Å²) in [6, 6.07) is 0. The van der Waals surface area contributed by atoms with Crippen LogP contribution in [0.5, 0.6) is 0 Å². The molecular formula is C7H15NOS. The Morgan fingerprint density at radius 2 is 1.90 bits per heavy atom. The van der Waals surface area contributed by atoms with Crippen LogP contribution in [0.15, 0.2) is 12.7 Å². The smallest absolute Gasteiger partial charge is 0.243 e. The first-order chi connectivity index (χ1) is 3.95. The van der Waals surface area contributed by atoms with Gasteiger partial charge in [-0.1, -0.05) is 6.58 Å². The van der Waals surface area contributed by atoms with Crippen molar-refractivity contribution in [3.63, 3.8) is 0 Å². The lowest BCUT2D eigenvalue weighted by molar-refractivity contribution is -0.117. The average Bonchev–Trinajstić information content (AvgIpc) is 1.62. The van der Waals surface area contributed by atoms with Gasteiger partial charge in [0.2, 0.25) is 5.91 Å². The van der Waals surface area contributed by atoms with E-state index in [1.807, 2.05) is 20.8 Å². The highest BCUT2D eigenvalue weighted by atomic mass is 32.1. The number of carbonyl (C=O) groups is 1. The van der Waals surface area contributed by atoms with E-state index in [0.29, 0.717) is 0 Å². The number of hydrogen-bond acceptors (Lipinski definition) is 1. The van der Waals surface area contributed by atoms with Gasteiger partial charge in [0, 0.05) is 5.54 Å². The molecule has 10 heavy (non-hydrogen) atoms. The third-order valence-electron chi connectivity index (χ3n) is 0.684. The second kappa shape index (κ2) is 4.39. The molecule has 0 bridgehead atoms. The van der Waals surface area contributed by atoms with Crippen molar-refractivity contribution in [1.29, 1.82) is 0 Å². The van der Waals surface area contributed by atoms with Gasteiger partial charge in [-0.25, -0.2) is 0 Å². The van der Waals surface area contributed by atoms with Crippen molar-refractivity contribution in [1.82, 2.24) is 5.32 Å². The summed E-state index contributed by atoms with van der Waals surface area (Å²) in [5, 5.41) is 2.71. The third-order valence-corrected chi connectivity index (χ3v) is 0.684. The average molecular weight is 161 g/mol. The molecule has 0 heterocycles. The van der Waals surface area contributed by atoms with E-state index in [9.17, 15) is 4.79 Å². The quantitative estimate of drug-likeness (QED) is 0.575. The van der Waals surface area contributed by atoms with Gasteiger partial charge in [0.25, 0.3) is 0 Å². The summed E-state index contributed by atoms with van der Waals surface area (Å²) in [4.78, 5) is 10.6. The van der Waals surface area contributed by atoms with E-state index in [-0.39, 0.29) is 24.9 Å². The van der Waals surface area contributed by atoms with Gasteiger partial charge in [0.05, 0.1) is 0 Å². The van der Waals surface area contributed by atoms with Crippen LogP contribution in [0.25, 0.3) is 0 Å². The molecule has 0 radical (unpaired) electrons. The minimum absolute atomic E-state index is 0. The predicted octanol–water partition coefficient (Wildman–Crippen LogP) is 1.20. The van der Waals surface area contributed by atoms with Gasteiger partial charge < -0.3 is 5.32 Å². The second-order valence-electron chi connectivity index (χ2n) is 2.94. The molecule has 0 rings (SSSR count). The topological polar surface area (TPSA) is 29.1 Å². The Morgan fingerprint density at radius 3 is 2.00 bits per heavy atom. The predicted molar refractivity (Wildman–Crippen MR) is 48.5 cm³/mol. The van der Waals surface area contributed by atoms with Crippen LogP contribution in [-0.4, -0.2) is 11.4 Å². The van der Waals surface area contributed by atoms with Gasteiger partial charge in [-0.3, -0.25) is 4.79 Å². The molecule has 0 aliphatic rings. The van der Waals surface area contributed by atoms with Crippen LogP contribution in [0.4, 0.5) is 0 Å². The molecule has 0 aromatic rings. The molecule has 1 N–H and O–H groups in total. The maximum Gasteiger partial charge on any atom is 0.243 e. The second-order valence-corrected chi connectivity index (χ2v) is 2.94. The van der Waals surface area contributed by atoms with E-state index in [1.165, 1.54) is 6.08 Å². The normalized spacial score (nSPS) is 9.50. The Hall–Kier alpha value is -0.440. The van der Waals surface area contributed by atoms with Crippen LogP contribution in [0, 0.1) is 0 Å². The first-order valence-corrected chi connectivity index (χ1v) is 2.90. The van der Waals surface area contributed by atoms with E-state index >= 15 is 0 Å². The SMILES string of the molecule is C=CC(=O)NC(C)(C)C.S. The van der Waals surface area contributed by atoms with E-state index in [4.69, 9.17) is 0 Å². The van der Waals surface area contributed by atoms with Crippen molar-refractivity contribution in [2.24, 2.45) is 0 Å². The Bertz CT molecular complexity index is 126. The summed E-state index contributed by atoms with van der Waals surface area (Å²) in [7, 11) is 0. The zero-order valence-electron chi connectivity index (χ0n) is 6.69. The molecule has 0 atom stereocenters. The number of rotatable bonds is 1. The molecule has 0 fully saturated rings. The molecule has 0 aliphatic carbocycles. The first kappa shape index (κ1) is 12.3. The van der Waals surface area contributed by atoms with Crippen LogP contribution in [0.2, 0.25) is 0 Å². The molecule has 0 spiro atoms. The third kappa shape index (κ3) is 7.56. The fourth-order valence-corrected chi connectivity index (χ4v) is 0.421. The Balaban J connectivity index is 0. The van der Waals surface area contributed by atoms with Crippen molar-refractivity contribution in [2.75, 3.05) is 0 Å². The monoisotopic (exact) mass is 161 g/mol. The van der Waals surface area contributed by atoms with Crippen LogP contribution < -0.4 is 5.32 Å². The molecule has 0 saturated carbocycles. The van der Waals surface area contributed by atoms with E-state index in [0.717, 1.165) is 0 Å². The number of amides is 1. The van der Waals surface area contributed by atoms with Crippen molar-refractivity contribution in [3.8, 4) is 0 Å². The summed E-state index contributed by atoms with van der Waals surface area (Å²) in [5.74, 6) is -0.123. The molecule has 2 nitrogen and oxygen atoms in total. The van der Waals surface area contributed by atoms with Crippen molar-refractivity contribution in [2.45, 2.75) is 26.3 Å². The molecule has 0 aliphatic heterocycles. The van der Waals surface area contributed by atoms with Gasteiger partial charge in [0.1, 0.15) is 0 Å². The summed E-state index contributed by atoms with van der Waals surface area (Å²) in [6.07, 6.45) is 1.27. The Morgan fingerprint density at radius 1 is 1.50 bits per heavy atom. The van der Waals surface area contributed by atoms with Gasteiger partial charge in [-0.2, -0.15) is 13.5 Å². The lowest BCUT2D eigenvalue weighted by atomic mass is 10.1. The van der Waals surface area contributed by atoms with Crippen LogP contribution in [0.1, 0.15) is 20.8 Å². The highest BCUT2D eigenvalue weighted by Gasteiger charge is 2.10. The van der Waals surface area contributed by atoms with Crippen molar-refractivity contribution >= 4 is 19.4 Å². The fraction of sp³-hybridized carbons (Fsp3) is 0.571. The highest BCUT2D eigenvalue weighted by molar-refractivity contribution is 7.59. The summed E-state index contributed by atoms with van der Waals surface area (Å²) in [5.41, 5.74) is -0.148. The minimum atomic E-state index is -0.148. The molecule has 1 amide bonds. The Labute approximate surface area is 69.1 Å². The van der Waals surface area contributed by atoms with Crippen LogP contribution >= 0.6 is 13.5 Å². The molecular weight excluding hydrogens is 146 g/mol. The van der Waals surface area contributed by atoms with Gasteiger partial charge in [-0.15, -0.1) is 0 Å². The highest BCUT2D eigenvalue weighted by Crippen LogP contribution is 1.97. The molecule has 0 aromatic carbocycles. The molecule has 60 valence electrons. The largest absolute Gasteiger partial charge is 0.348 e. The number of nitrogens with one attached hydrogen (secondary N) is 1. The molecule has 3 heteroatoms. The maximum atomic E-state index is 10.6. The van der Waals surface area contributed by atoms with Crippen molar-refractivity contribution in [3.05, 3.63) is 12.7 Å². The Kier molecular flexibility index (Phi) is 5.38. The first-order valence-electron chi connectivity index (χ1n) is 2.90. The molecule has 0 aromatic heterocycles.